The van der Waals surface area contributed by atoms with Gasteiger partial charge in [-0.2, -0.15) is 0 Å². The number of hydrogen-bond acceptors (Lipinski definition) is 2. The van der Waals surface area contributed by atoms with Crippen LogP contribution in [-0.2, 0) is 16.1 Å². The van der Waals surface area contributed by atoms with Crippen molar-refractivity contribution in [2.45, 2.75) is 65.6 Å². The zero-order valence-corrected chi connectivity index (χ0v) is 14.4. The normalized spacial score (nSPS) is 13.3. The van der Waals surface area contributed by atoms with Crippen LogP contribution in [0.2, 0.25) is 0 Å². The summed E-state index contributed by atoms with van der Waals surface area (Å²) in [5.74, 6) is -0.544. The Morgan fingerprint density at radius 1 is 1.17 bits per heavy atom. The number of benzene rings is 1. The van der Waals surface area contributed by atoms with E-state index in [9.17, 15) is 14.0 Å². The second-order valence-corrected chi connectivity index (χ2v) is 5.89. The van der Waals surface area contributed by atoms with Crippen molar-refractivity contribution in [3.05, 3.63) is 35.6 Å². The number of nitrogens with zero attached hydrogens (tertiary/aromatic N) is 1. The first kappa shape index (κ1) is 19.1. The summed E-state index contributed by atoms with van der Waals surface area (Å²) in [6.07, 6.45) is 1.94. The molecule has 2 amide bonds. The van der Waals surface area contributed by atoms with Crippen LogP contribution in [0.15, 0.2) is 24.3 Å². The highest BCUT2D eigenvalue weighted by Crippen LogP contribution is 2.13. The fourth-order valence-electron chi connectivity index (χ4n) is 2.19. The summed E-state index contributed by atoms with van der Waals surface area (Å²) in [5.41, 5.74) is 0.805. The van der Waals surface area contributed by atoms with E-state index in [-0.39, 0.29) is 23.7 Å². The summed E-state index contributed by atoms with van der Waals surface area (Å²) in [4.78, 5) is 26.3. The number of carbonyl (C=O) groups excluding carboxylic acids is 2. The Bertz CT molecular complexity index is 516. The summed E-state index contributed by atoms with van der Waals surface area (Å²) < 4.78 is 13.0. The molecular weight excluding hydrogens is 295 g/mol. The van der Waals surface area contributed by atoms with Crippen molar-refractivity contribution < 1.29 is 14.0 Å². The Labute approximate surface area is 138 Å². The van der Waals surface area contributed by atoms with Crippen molar-refractivity contribution in [3.63, 3.8) is 0 Å². The molecule has 1 rings (SSSR count). The third-order valence-corrected chi connectivity index (χ3v) is 3.90. The van der Waals surface area contributed by atoms with Crippen molar-refractivity contribution in [2.24, 2.45) is 0 Å². The van der Waals surface area contributed by atoms with E-state index in [2.05, 4.69) is 5.32 Å². The highest BCUT2D eigenvalue weighted by Gasteiger charge is 2.26. The maximum atomic E-state index is 13.0. The van der Waals surface area contributed by atoms with E-state index in [1.165, 1.54) is 12.1 Å². The van der Waals surface area contributed by atoms with Gasteiger partial charge in [0, 0.05) is 19.0 Å². The minimum absolute atomic E-state index is 0.0661. The van der Waals surface area contributed by atoms with E-state index < -0.39 is 6.04 Å². The highest BCUT2D eigenvalue weighted by molar-refractivity contribution is 5.87. The smallest absolute Gasteiger partial charge is 0.242 e. The predicted octanol–water partition coefficient (Wildman–Crippen LogP) is 3.26. The summed E-state index contributed by atoms with van der Waals surface area (Å²) in [5, 5.41) is 2.91. The summed E-state index contributed by atoms with van der Waals surface area (Å²) in [6, 6.07) is 5.51. The lowest BCUT2D eigenvalue weighted by molar-refractivity contribution is -0.140. The lowest BCUT2D eigenvalue weighted by Gasteiger charge is -2.29. The summed E-state index contributed by atoms with van der Waals surface area (Å²) >= 11 is 0. The van der Waals surface area contributed by atoms with E-state index in [0.29, 0.717) is 13.0 Å². The first-order valence-electron chi connectivity index (χ1n) is 8.23. The molecule has 0 aliphatic rings. The molecule has 0 saturated carbocycles. The lowest BCUT2D eigenvalue weighted by Crippen LogP contribution is -2.49. The quantitative estimate of drug-likeness (QED) is 0.798. The van der Waals surface area contributed by atoms with Crippen molar-refractivity contribution in [2.75, 3.05) is 0 Å². The molecule has 0 aliphatic carbocycles. The number of halogens is 1. The van der Waals surface area contributed by atoms with Crippen molar-refractivity contribution in [1.82, 2.24) is 10.2 Å². The van der Waals surface area contributed by atoms with Gasteiger partial charge in [0.15, 0.2) is 0 Å². The van der Waals surface area contributed by atoms with E-state index in [1.54, 1.807) is 24.0 Å². The number of hydrogen-bond donors (Lipinski definition) is 1. The molecular formula is C18H27FN2O2. The molecule has 0 saturated heterocycles. The van der Waals surface area contributed by atoms with Crippen molar-refractivity contribution >= 4 is 11.8 Å². The molecule has 0 bridgehead atoms. The monoisotopic (exact) mass is 322 g/mol. The van der Waals surface area contributed by atoms with Gasteiger partial charge in [0.25, 0.3) is 0 Å². The second-order valence-electron chi connectivity index (χ2n) is 5.89. The lowest BCUT2D eigenvalue weighted by atomic mass is 10.1. The molecule has 0 radical (unpaired) electrons. The number of amides is 2. The van der Waals surface area contributed by atoms with Crippen LogP contribution in [0.3, 0.4) is 0 Å². The number of carbonyl (C=O) groups is 2. The van der Waals surface area contributed by atoms with Crippen LogP contribution in [0, 0.1) is 5.82 Å². The minimum atomic E-state index is -0.562. The molecule has 0 unspecified atom stereocenters. The van der Waals surface area contributed by atoms with Gasteiger partial charge in [0.05, 0.1) is 0 Å². The minimum Gasteiger partial charge on any atom is -0.352 e. The van der Waals surface area contributed by atoms with Crippen LogP contribution in [0.5, 0.6) is 0 Å². The molecule has 1 N–H and O–H groups in total. The second kappa shape index (κ2) is 9.28. The number of rotatable bonds is 8. The topological polar surface area (TPSA) is 49.4 Å². The highest BCUT2D eigenvalue weighted by atomic mass is 19.1. The van der Waals surface area contributed by atoms with Gasteiger partial charge in [0.1, 0.15) is 11.9 Å². The van der Waals surface area contributed by atoms with Crippen LogP contribution < -0.4 is 5.32 Å². The molecule has 0 fully saturated rings. The summed E-state index contributed by atoms with van der Waals surface area (Å²) in [7, 11) is 0. The van der Waals surface area contributed by atoms with Gasteiger partial charge in [-0.1, -0.05) is 26.0 Å². The van der Waals surface area contributed by atoms with Gasteiger partial charge in [-0.05, 0) is 44.4 Å². The Kier molecular flexibility index (Phi) is 7.72. The molecule has 1 aromatic rings. The largest absolute Gasteiger partial charge is 0.352 e. The zero-order valence-electron chi connectivity index (χ0n) is 14.4. The summed E-state index contributed by atoms with van der Waals surface area (Å²) in [6.45, 7) is 7.89. The SMILES string of the molecule is CCCC(=O)N(Cc1ccc(F)cc1)[C@@H](C)C(=O)N[C@H](C)CC. The first-order valence-corrected chi connectivity index (χ1v) is 8.23. The van der Waals surface area contributed by atoms with Gasteiger partial charge in [-0.25, -0.2) is 4.39 Å². The number of nitrogens with one attached hydrogen (secondary N) is 1. The predicted molar refractivity (Wildman–Crippen MR) is 89.2 cm³/mol. The maximum Gasteiger partial charge on any atom is 0.242 e. The first-order chi connectivity index (χ1) is 10.9. The van der Waals surface area contributed by atoms with Crippen LogP contribution in [0.25, 0.3) is 0 Å². The van der Waals surface area contributed by atoms with Gasteiger partial charge < -0.3 is 10.2 Å². The third-order valence-electron chi connectivity index (χ3n) is 3.90. The molecule has 2 atom stereocenters. The van der Waals surface area contributed by atoms with E-state index in [4.69, 9.17) is 0 Å². The van der Waals surface area contributed by atoms with Crippen molar-refractivity contribution in [3.8, 4) is 0 Å². The molecule has 5 heteroatoms. The average molecular weight is 322 g/mol. The van der Waals surface area contributed by atoms with E-state index >= 15 is 0 Å². The molecule has 128 valence electrons. The Hall–Kier alpha value is -1.91. The fraction of sp³-hybridized carbons (Fsp3) is 0.556. The molecule has 4 nitrogen and oxygen atoms in total. The Balaban J connectivity index is 2.88. The van der Waals surface area contributed by atoms with Crippen LogP contribution in [0.4, 0.5) is 4.39 Å². The van der Waals surface area contributed by atoms with Crippen LogP contribution >= 0.6 is 0 Å². The van der Waals surface area contributed by atoms with Gasteiger partial charge >= 0.3 is 0 Å². The molecule has 1 aromatic carbocycles. The van der Waals surface area contributed by atoms with Gasteiger partial charge in [-0.15, -0.1) is 0 Å². The van der Waals surface area contributed by atoms with Gasteiger partial charge in [0.2, 0.25) is 11.8 Å². The molecule has 0 heterocycles. The Morgan fingerprint density at radius 2 is 1.78 bits per heavy atom. The van der Waals surface area contributed by atoms with Crippen LogP contribution in [0.1, 0.15) is 52.5 Å². The molecule has 0 aliphatic heterocycles. The standard InChI is InChI=1S/C18H27FN2O2/c1-5-7-17(22)21(12-15-8-10-16(19)11-9-15)14(4)18(23)20-13(3)6-2/h8-11,13-14H,5-7,12H2,1-4H3,(H,20,23)/t13-,14+/m1/s1. The fourth-order valence-corrected chi connectivity index (χ4v) is 2.19. The maximum absolute atomic E-state index is 13.0. The van der Waals surface area contributed by atoms with E-state index in [0.717, 1.165) is 18.4 Å². The van der Waals surface area contributed by atoms with Crippen LogP contribution in [-0.4, -0.2) is 28.8 Å². The molecule has 23 heavy (non-hydrogen) atoms. The molecule has 0 spiro atoms. The average Bonchev–Trinajstić information content (AvgIpc) is 2.53. The zero-order chi connectivity index (χ0) is 17.4. The van der Waals surface area contributed by atoms with E-state index in [1.807, 2.05) is 20.8 Å². The molecule has 0 aromatic heterocycles. The Morgan fingerprint density at radius 3 is 2.30 bits per heavy atom. The third kappa shape index (κ3) is 6.00. The van der Waals surface area contributed by atoms with Crippen molar-refractivity contribution in [1.29, 1.82) is 0 Å². The van der Waals surface area contributed by atoms with Gasteiger partial charge in [-0.3, -0.25) is 9.59 Å².